The second kappa shape index (κ2) is 5.88. The third kappa shape index (κ3) is 2.55. The van der Waals surface area contributed by atoms with Gasteiger partial charge in [0.05, 0.1) is 6.10 Å². The van der Waals surface area contributed by atoms with Crippen molar-refractivity contribution >= 4 is 0 Å². The van der Waals surface area contributed by atoms with Crippen molar-refractivity contribution in [2.24, 2.45) is 0 Å². The van der Waals surface area contributed by atoms with Crippen molar-refractivity contribution in [2.45, 2.75) is 37.6 Å². The summed E-state index contributed by atoms with van der Waals surface area (Å²) in [7, 11) is 2.97. The Kier molecular flexibility index (Phi) is 4.39. The van der Waals surface area contributed by atoms with Crippen molar-refractivity contribution in [1.82, 2.24) is 9.55 Å². The van der Waals surface area contributed by atoms with Crippen LogP contribution in [0, 0.1) is 0 Å². The Balaban J connectivity index is 2.34. The topological polar surface area (TPSA) is 103 Å². The number of aromatic nitrogens is 2. The van der Waals surface area contributed by atoms with Crippen molar-refractivity contribution in [1.29, 1.82) is 0 Å². The predicted molar refractivity (Wildman–Crippen MR) is 68.5 cm³/mol. The molecule has 8 heteroatoms. The number of ether oxygens (including phenoxy) is 3. The number of methoxy groups -OCH3 is 2. The molecule has 1 aromatic heterocycles. The molecule has 2 N–H and O–H groups in total. The molecule has 1 aromatic rings. The number of aliphatic hydroxyl groups is 1. The highest BCUT2D eigenvalue weighted by Crippen LogP contribution is 2.32. The Morgan fingerprint density at radius 2 is 2.15 bits per heavy atom. The van der Waals surface area contributed by atoms with Crippen LogP contribution >= 0.6 is 0 Å². The van der Waals surface area contributed by atoms with E-state index in [2.05, 4.69) is 4.98 Å². The van der Waals surface area contributed by atoms with Crippen LogP contribution in [0.15, 0.2) is 21.9 Å². The molecule has 2 heterocycles. The molecule has 1 aliphatic heterocycles. The largest absolute Gasteiger partial charge is 0.386 e. The van der Waals surface area contributed by atoms with Gasteiger partial charge in [0.2, 0.25) is 0 Å². The normalized spacial score (nSPS) is 31.4. The third-order valence-corrected chi connectivity index (χ3v) is 3.48. The van der Waals surface area contributed by atoms with Crippen LogP contribution in [0.5, 0.6) is 0 Å². The van der Waals surface area contributed by atoms with E-state index < -0.39 is 35.8 Å². The summed E-state index contributed by atoms with van der Waals surface area (Å²) in [5, 5.41) is 10.3. The summed E-state index contributed by atoms with van der Waals surface area (Å²) in [4.78, 5) is 24.9. The molecule has 0 aliphatic carbocycles. The number of aliphatic hydroxyl groups excluding tert-OH is 1. The molecule has 0 bridgehead atoms. The molecule has 1 aliphatic rings. The standard InChI is InChI=1S/C12H18N2O6/c1-6(18-2)9-10(19-3)8(16)11(20-9)14-5-4-7(15)13-12(14)17/h4-6,8-11,16H,1-3H3,(H,13,15,17)/t6?,8-,9+,10?,11+/m0/s1. The number of nitrogens with zero attached hydrogens (tertiary/aromatic N) is 1. The van der Waals surface area contributed by atoms with Crippen LogP contribution in [0.1, 0.15) is 13.2 Å². The highest BCUT2D eigenvalue weighted by atomic mass is 16.6. The van der Waals surface area contributed by atoms with Crippen LogP contribution in [-0.4, -0.2) is 53.3 Å². The van der Waals surface area contributed by atoms with Gasteiger partial charge < -0.3 is 19.3 Å². The van der Waals surface area contributed by atoms with E-state index in [-0.39, 0.29) is 6.10 Å². The molecule has 0 aromatic carbocycles. The molecule has 2 unspecified atom stereocenters. The maximum atomic E-state index is 11.8. The highest BCUT2D eigenvalue weighted by Gasteiger charge is 2.47. The fourth-order valence-corrected chi connectivity index (χ4v) is 2.32. The number of H-pyrrole nitrogens is 1. The Morgan fingerprint density at radius 3 is 2.70 bits per heavy atom. The number of nitrogens with one attached hydrogen (secondary N) is 1. The number of rotatable bonds is 4. The molecule has 0 radical (unpaired) electrons. The highest BCUT2D eigenvalue weighted by molar-refractivity contribution is 4.95. The SMILES string of the molecule is COC(C)[C@H]1O[C@@H](n2ccc(=O)[nH]c2=O)[C@@H](O)C1OC. The summed E-state index contributed by atoms with van der Waals surface area (Å²) in [6.07, 6.45) is -2.18. The van der Waals surface area contributed by atoms with Crippen LogP contribution < -0.4 is 11.2 Å². The molecule has 1 fully saturated rings. The van der Waals surface area contributed by atoms with Crippen LogP contribution in [0.2, 0.25) is 0 Å². The lowest BCUT2D eigenvalue weighted by atomic mass is 10.1. The van der Waals surface area contributed by atoms with Gasteiger partial charge in [-0.3, -0.25) is 14.3 Å². The van der Waals surface area contributed by atoms with Gasteiger partial charge in [-0.2, -0.15) is 0 Å². The molecule has 112 valence electrons. The summed E-state index contributed by atoms with van der Waals surface area (Å²) in [5.74, 6) is 0. The fraction of sp³-hybridized carbons (Fsp3) is 0.667. The van der Waals surface area contributed by atoms with Gasteiger partial charge >= 0.3 is 5.69 Å². The number of aromatic amines is 1. The van der Waals surface area contributed by atoms with E-state index in [1.54, 1.807) is 6.92 Å². The molecule has 5 atom stereocenters. The molecule has 1 saturated heterocycles. The van der Waals surface area contributed by atoms with E-state index in [9.17, 15) is 14.7 Å². The monoisotopic (exact) mass is 286 g/mol. The van der Waals surface area contributed by atoms with Crippen LogP contribution in [0.4, 0.5) is 0 Å². The molecule has 8 nitrogen and oxygen atoms in total. The van der Waals surface area contributed by atoms with E-state index in [1.165, 1.54) is 26.5 Å². The molecule has 0 saturated carbocycles. The van der Waals surface area contributed by atoms with Gasteiger partial charge in [0.1, 0.15) is 18.3 Å². The van der Waals surface area contributed by atoms with E-state index in [0.29, 0.717) is 0 Å². The summed E-state index contributed by atoms with van der Waals surface area (Å²) in [6.45, 7) is 1.78. The molecular weight excluding hydrogens is 268 g/mol. The third-order valence-electron chi connectivity index (χ3n) is 3.48. The lowest BCUT2D eigenvalue weighted by Crippen LogP contribution is -2.40. The Morgan fingerprint density at radius 1 is 1.45 bits per heavy atom. The fourth-order valence-electron chi connectivity index (χ4n) is 2.32. The first-order chi connectivity index (χ1) is 9.49. The van der Waals surface area contributed by atoms with Gasteiger partial charge in [0.15, 0.2) is 6.23 Å². The quantitative estimate of drug-likeness (QED) is 0.724. The Bertz CT molecular complexity index is 568. The molecule has 20 heavy (non-hydrogen) atoms. The van der Waals surface area contributed by atoms with Crippen LogP contribution in [-0.2, 0) is 14.2 Å². The summed E-state index contributed by atoms with van der Waals surface area (Å²) >= 11 is 0. The lowest BCUT2D eigenvalue weighted by molar-refractivity contribution is -0.0958. The second-order valence-corrected chi connectivity index (χ2v) is 4.64. The van der Waals surface area contributed by atoms with Crippen molar-refractivity contribution in [2.75, 3.05) is 14.2 Å². The maximum Gasteiger partial charge on any atom is 0.330 e. The zero-order valence-corrected chi connectivity index (χ0v) is 11.5. The maximum absolute atomic E-state index is 11.8. The smallest absolute Gasteiger partial charge is 0.330 e. The first kappa shape index (κ1) is 14.9. The average molecular weight is 286 g/mol. The molecular formula is C12H18N2O6. The van der Waals surface area contributed by atoms with Gasteiger partial charge in [0, 0.05) is 26.5 Å². The van der Waals surface area contributed by atoms with E-state index >= 15 is 0 Å². The van der Waals surface area contributed by atoms with E-state index in [0.717, 1.165) is 4.57 Å². The lowest BCUT2D eigenvalue weighted by Gasteiger charge is -2.22. The van der Waals surface area contributed by atoms with Gasteiger partial charge in [-0.15, -0.1) is 0 Å². The zero-order chi connectivity index (χ0) is 14.9. The first-order valence-corrected chi connectivity index (χ1v) is 6.20. The van der Waals surface area contributed by atoms with Crippen molar-refractivity contribution in [3.63, 3.8) is 0 Å². The second-order valence-electron chi connectivity index (χ2n) is 4.64. The van der Waals surface area contributed by atoms with Gasteiger partial charge in [-0.05, 0) is 6.92 Å². The molecule has 0 amide bonds. The first-order valence-electron chi connectivity index (χ1n) is 6.20. The zero-order valence-electron chi connectivity index (χ0n) is 11.5. The minimum atomic E-state index is -1.05. The van der Waals surface area contributed by atoms with Gasteiger partial charge in [-0.1, -0.05) is 0 Å². The van der Waals surface area contributed by atoms with E-state index in [1.807, 2.05) is 0 Å². The van der Waals surface area contributed by atoms with E-state index in [4.69, 9.17) is 14.2 Å². The minimum absolute atomic E-state index is 0.321. The molecule has 0 spiro atoms. The van der Waals surface area contributed by atoms with Crippen LogP contribution in [0.25, 0.3) is 0 Å². The summed E-state index contributed by atoms with van der Waals surface area (Å²) in [6, 6.07) is 1.19. The predicted octanol–water partition coefficient (Wildman–Crippen LogP) is -1.16. The van der Waals surface area contributed by atoms with Crippen LogP contribution in [0.3, 0.4) is 0 Å². The van der Waals surface area contributed by atoms with Crippen molar-refractivity contribution in [3.8, 4) is 0 Å². The Hall–Kier alpha value is -1.48. The number of hydrogen-bond donors (Lipinski definition) is 2. The Labute approximate surface area is 114 Å². The summed E-state index contributed by atoms with van der Waals surface area (Å²) < 4.78 is 17.2. The minimum Gasteiger partial charge on any atom is -0.386 e. The number of hydrogen-bond acceptors (Lipinski definition) is 6. The van der Waals surface area contributed by atoms with Crippen molar-refractivity contribution in [3.05, 3.63) is 33.1 Å². The van der Waals surface area contributed by atoms with Gasteiger partial charge in [0.25, 0.3) is 5.56 Å². The average Bonchev–Trinajstić information content (AvgIpc) is 2.75. The van der Waals surface area contributed by atoms with Gasteiger partial charge in [-0.25, -0.2) is 4.79 Å². The summed E-state index contributed by atoms with van der Waals surface area (Å²) in [5.41, 5.74) is -1.16. The van der Waals surface area contributed by atoms with Crippen molar-refractivity contribution < 1.29 is 19.3 Å². The molecule has 2 rings (SSSR count).